The zero-order valence-electron chi connectivity index (χ0n) is 12.9. The third-order valence-electron chi connectivity index (χ3n) is 3.16. The Bertz CT molecular complexity index is 1030. The summed E-state index contributed by atoms with van der Waals surface area (Å²) in [5.74, 6) is -0.861. The molecule has 0 aliphatic heterocycles. The number of hydrogen-bond acceptors (Lipinski definition) is 4. The van der Waals surface area contributed by atoms with Crippen LogP contribution < -0.4 is 9.86 Å². The summed E-state index contributed by atoms with van der Waals surface area (Å²) in [6, 6.07) is 8.99. The van der Waals surface area contributed by atoms with Crippen LogP contribution in [0, 0.1) is 5.82 Å². The third kappa shape index (κ3) is 5.02. The summed E-state index contributed by atoms with van der Waals surface area (Å²) in [6.07, 6.45) is 1.37. The largest absolute Gasteiger partial charge is 0.279 e. The number of benzene rings is 2. The standard InChI is InChI=1S/C15H14ClFN2O4S2/c1-10(8-11-2-4-12(16)5-3-11)25(22,23)19-14-7-6-13(17)9-15(14)24(18,20)21/h2-9,19H,1H3,(H2,18,20,21)/b10-8-. The summed E-state index contributed by atoms with van der Waals surface area (Å²) in [5.41, 5.74) is 0.241. The van der Waals surface area contributed by atoms with Gasteiger partial charge in [0, 0.05) is 5.02 Å². The first-order valence-corrected chi connectivity index (χ1v) is 10.2. The fourth-order valence-electron chi connectivity index (χ4n) is 1.91. The molecule has 10 heteroatoms. The number of hydrogen-bond donors (Lipinski definition) is 2. The van der Waals surface area contributed by atoms with E-state index in [1.54, 1.807) is 24.3 Å². The van der Waals surface area contributed by atoms with Crippen LogP contribution in [0.25, 0.3) is 6.08 Å². The van der Waals surface area contributed by atoms with E-state index in [0.717, 1.165) is 12.1 Å². The molecule has 0 fully saturated rings. The lowest BCUT2D eigenvalue weighted by molar-refractivity contribution is 0.592. The topological polar surface area (TPSA) is 106 Å². The van der Waals surface area contributed by atoms with Crippen molar-refractivity contribution < 1.29 is 21.2 Å². The molecule has 0 unspecified atom stereocenters. The van der Waals surface area contributed by atoms with E-state index >= 15 is 0 Å². The second kappa shape index (κ2) is 7.12. The van der Waals surface area contributed by atoms with E-state index in [0.29, 0.717) is 16.7 Å². The van der Waals surface area contributed by atoms with Crippen LogP contribution in [0.5, 0.6) is 0 Å². The van der Waals surface area contributed by atoms with Crippen molar-refractivity contribution in [3.63, 3.8) is 0 Å². The number of sulfonamides is 2. The molecule has 0 aliphatic carbocycles. The number of primary sulfonamides is 1. The molecule has 0 heterocycles. The molecule has 2 aromatic rings. The molecular formula is C15H14ClFN2O4S2. The molecule has 0 saturated carbocycles. The molecule has 0 saturated heterocycles. The van der Waals surface area contributed by atoms with E-state index in [9.17, 15) is 21.2 Å². The van der Waals surface area contributed by atoms with Gasteiger partial charge in [-0.3, -0.25) is 4.72 Å². The molecule has 25 heavy (non-hydrogen) atoms. The maximum absolute atomic E-state index is 13.3. The number of rotatable bonds is 5. The van der Waals surface area contributed by atoms with Crippen LogP contribution in [0.2, 0.25) is 5.02 Å². The van der Waals surface area contributed by atoms with Crippen molar-refractivity contribution in [1.29, 1.82) is 0 Å². The summed E-state index contributed by atoms with van der Waals surface area (Å²) in [6.45, 7) is 1.33. The molecule has 2 rings (SSSR count). The van der Waals surface area contributed by atoms with Crippen molar-refractivity contribution in [2.24, 2.45) is 5.14 Å². The highest BCUT2D eigenvalue weighted by atomic mass is 35.5. The van der Waals surface area contributed by atoms with Crippen molar-refractivity contribution in [2.45, 2.75) is 11.8 Å². The zero-order chi connectivity index (χ0) is 18.8. The summed E-state index contributed by atoms with van der Waals surface area (Å²) in [7, 11) is -8.40. The van der Waals surface area contributed by atoms with Gasteiger partial charge in [-0.05, 0) is 48.9 Å². The fraction of sp³-hybridized carbons (Fsp3) is 0.0667. The second-order valence-corrected chi connectivity index (χ2v) is 8.92. The van der Waals surface area contributed by atoms with E-state index in [-0.39, 0.29) is 10.6 Å². The van der Waals surface area contributed by atoms with Crippen molar-refractivity contribution in [1.82, 2.24) is 0 Å². The average molecular weight is 405 g/mol. The number of anilines is 1. The smallest absolute Gasteiger partial charge is 0.257 e. The van der Waals surface area contributed by atoms with Gasteiger partial charge in [0.05, 0.1) is 10.6 Å². The van der Waals surface area contributed by atoms with Gasteiger partial charge in [-0.2, -0.15) is 0 Å². The highest BCUT2D eigenvalue weighted by Gasteiger charge is 2.20. The Kier molecular flexibility index (Phi) is 5.52. The van der Waals surface area contributed by atoms with Crippen LogP contribution in [0.1, 0.15) is 12.5 Å². The highest BCUT2D eigenvalue weighted by Crippen LogP contribution is 2.24. The van der Waals surface area contributed by atoms with Crippen molar-refractivity contribution in [3.8, 4) is 0 Å². The van der Waals surface area contributed by atoms with Crippen LogP contribution >= 0.6 is 11.6 Å². The van der Waals surface area contributed by atoms with Gasteiger partial charge in [0.25, 0.3) is 10.0 Å². The molecule has 0 radical (unpaired) electrons. The Morgan fingerprint density at radius 2 is 1.72 bits per heavy atom. The molecule has 0 amide bonds. The lowest BCUT2D eigenvalue weighted by Crippen LogP contribution is -2.19. The molecule has 3 N–H and O–H groups in total. The van der Waals surface area contributed by atoms with E-state index in [4.69, 9.17) is 16.7 Å². The molecule has 6 nitrogen and oxygen atoms in total. The lowest BCUT2D eigenvalue weighted by Gasteiger charge is -2.12. The molecule has 0 aromatic heterocycles. The predicted molar refractivity (Wildman–Crippen MR) is 95.4 cm³/mol. The maximum Gasteiger partial charge on any atom is 0.257 e. The summed E-state index contributed by atoms with van der Waals surface area (Å²) in [5, 5.41) is 5.50. The maximum atomic E-state index is 13.3. The summed E-state index contributed by atoms with van der Waals surface area (Å²) < 4.78 is 63.2. The van der Waals surface area contributed by atoms with Gasteiger partial charge >= 0.3 is 0 Å². The molecule has 0 bridgehead atoms. The van der Waals surface area contributed by atoms with Gasteiger partial charge in [-0.15, -0.1) is 0 Å². The number of nitrogens with one attached hydrogen (secondary N) is 1. The van der Waals surface area contributed by atoms with Crippen LogP contribution in [-0.2, 0) is 20.0 Å². The van der Waals surface area contributed by atoms with Gasteiger partial charge < -0.3 is 0 Å². The molecular weight excluding hydrogens is 391 g/mol. The zero-order valence-corrected chi connectivity index (χ0v) is 15.3. The minimum Gasteiger partial charge on any atom is -0.279 e. The van der Waals surface area contributed by atoms with Gasteiger partial charge in [0.2, 0.25) is 10.0 Å². The Balaban J connectivity index is 2.41. The Labute approximate surface area is 150 Å². The third-order valence-corrected chi connectivity index (χ3v) is 5.82. The molecule has 0 aliphatic rings. The first-order valence-electron chi connectivity index (χ1n) is 6.78. The molecule has 2 aromatic carbocycles. The van der Waals surface area contributed by atoms with Crippen LogP contribution in [0.3, 0.4) is 0 Å². The minimum absolute atomic E-state index is 0.0838. The Morgan fingerprint density at radius 3 is 2.28 bits per heavy atom. The number of halogens is 2. The predicted octanol–water partition coefficient (Wildman–Crippen LogP) is 2.93. The van der Waals surface area contributed by atoms with Gasteiger partial charge in [-0.25, -0.2) is 26.4 Å². The lowest BCUT2D eigenvalue weighted by atomic mass is 10.2. The Morgan fingerprint density at radius 1 is 1.12 bits per heavy atom. The average Bonchev–Trinajstić information content (AvgIpc) is 2.50. The van der Waals surface area contributed by atoms with E-state index in [1.807, 2.05) is 0 Å². The summed E-state index contributed by atoms with van der Waals surface area (Å²) >= 11 is 5.77. The van der Waals surface area contributed by atoms with Gasteiger partial charge in [-0.1, -0.05) is 23.7 Å². The normalized spacial score (nSPS) is 12.9. The first-order chi connectivity index (χ1) is 11.5. The van der Waals surface area contributed by atoms with Crippen molar-refractivity contribution >= 4 is 43.4 Å². The van der Waals surface area contributed by atoms with Crippen LogP contribution in [-0.4, -0.2) is 16.8 Å². The van der Waals surface area contributed by atoms with Crippen LogP contribution in [0.4, 0.5) is 10.1 Å². The number of allylic oxidation sites excluding steroid dienone is 1. The highest BCUT2D eigenvalue weighted by molar-refractivity contribution is 7.96. The monoisotopic (exact) mass is 404 g/mol. The minimum atomic E-state index is -4.32. The second-order valence-electron chi connectivity index (χ2n) is 5.10. The van der Waals surface area contributed by atoms with E-state index in [1.165, 1.54) is 13.0 Å². The fourth-order valence-corrected chi connectivity index (χ4v) is 3.73. The molecule has 134 valence electrons. The van der Waals surface area contributed by atoms with E-state index in [2.05, 4.69) is 4.72 Å². The first kappa shape index (κ1) is 19.4. The van der Waals surface area contributed by atoms with Gasteiger partial charge in [0.15, 0.2) is 0 Å². The van der Waals surface area contributed by atoms with Gasteiger partial charge in [0.1, 0.15) is 10.7 Å². The summed E-state index contributed by atoms with van der Waals surface area (Å²) in [4.78, 5) is -0.741. The quantitative estimate of drug-likeness (QED) is 0.798. The van der Waals surface area contributed by atoms with E-state index < -0.39 is 30.8 Å². The number of nitrogens with two attached hydrogens (primary N) is 1. The van der Waals surface area contributed by atoms with Crippen molar-refractivity contribution in [3.05, 3.63) is 63.8 Å². The molecule has 0 atom stereocenters. The van der Waals surface area contributed by atoms with Crippen molar-refractivity contribution in [2.75, 3.05) is 4.72 Å². The Hall–Kier alpha value is -1.94. The van der Waals surface area contributed by atoms with Crippen LogP contribution in [0.15, 0.2) is 52.3 Å². The SMILES string of the molecule is C/C(=C/c1ccc(Cl)cc1)S(=O)(=O)Nc1ccc(F)cc1S(N)(=O)=O. The molecule has 0 spiro atoms.